The number of hydrogen-bond acceptors (Lipinski definition) is 15. The number of aryl methyl sites for hydroxylation is 11. The third-order valence-electron chi connectivity index (χ3n) is 9.57. The van der Waals surface area contributed by atoms with Crippen molar-refractivity contribution in [3.8, 4) is 0 Å². The monoisotopic (exact) mass is 1240 g/mol. The molecule has 8 aromatic heterocycles. The molecule has 0 bridgehead atoms. The van der Waals surface area contributed by atoms with Gasteiger partial charge in [-0.05, 0) is 124 Å². The van der Waals surface area contributed by atoms with Gasteiger partial charge in [-0.2, -0.15) is 22.3 Å². The third-order valence-corrected chi connectivity index (χ3v) is 11.1. The zero-order valence-corrected chi connectivity index (χ0v) is 50.4. The number of aromatic nitrogens is 12. The van der Waals surface area contributed by atoms with Crippen molar-refractivity contribution in [2.45, 2.75) is 95.4 Å². The molecule has 0 aliphatic carbocycles. The van der Waals surface area contributed by atoms with E-state index in [2.05, 4.69) is 91.9 Å². The minimum absolute atomic E-state index is 0. The van der Waals surface area contributed by atoms with Crippen molar-refractivity contribution in [1.29, 1.82) is 0 Å². The molecule has 10 heterocycles. The molecule has 72 heavy (non-hydrogen) atoms. The number of H-pyrrole nitrogens is 1. The number of rotatable bonds is 0. The predicted octanol–water partition coefficient (Wildman–Crippen LogP) is 11.7. The van der Waals surface area contributed by atoms with Crippen molar-refractivity contribution >= 4 is 45.6 Å². The predicted molar refractivity (Wildman–Crippen MR) is 293 cm³/mol. The summed E-state index contributed by atoms with van der Waals surface area (Å²) in [6.07, 6.45) is 25.2. The van der Waals surface area contributed by atoms with Gasteiger partial charge in [0.05, 0.1) is 22.5 Å². The molecule has 1 aromatic carbocycles. The molecule has 0 radical (unpaired) electrons. The molecule has 0 saturated carbocycles. The molecule has 1 fully saturated rings. The summed E-state index contributed by atoms with van der Waals surface area (Å²) < 4.78 is 15.9. The van der Waals surface area contributed by atoms with Crippen LogP contribution in [0.25, 0.3) is 11.0 Å². The number of hydrogen-bond donors (Lipinski definition) is 1. The number of nitrogens with zero attached hydrogens (tertiary/aromatic N) is 14. The Bertz CT molecular complexity index is 2590. The smallest absolute Gasteiger partial charge is 0.190 e. The first-order valence-corrected chi connectivity index (χ1v) is 24.8. The number of likely N-dealkylation sites (tertiary alicyclic amines) is 1. The fourth-order valence-electron chi connectivity index (χ4n) is 5.33. The molecule has 16 nitrogen and oxygen atoms in total. The molecular formula is C53H74N15OS2U-. The number of piperidine rings is 1. The number of aromatic amines is 1. The van der Waals surface area contributed by atoms with E-state index in [1.54, 1.807) is 102 Å². The van der Waals surface area contributed by atoms with Gasteiger partial charge in [0.1, 0.15) is 25.1 Å². The Hall–Kier alpha value is -5.84. The molecular weight excluding hydrogens is 1160 g/mol. The molecule has 0 amide bonds. The van der Waals surface area contributed by atoms with Crippen LogP contribution in [0.5, 0.6) is 0 Å². The fourth-order valence-corrected chi connectivity index (χ4v) is 6.45. The molecule has 9 aromatic rings. The zero-order chi connectivity index (χ0) is 53.1. The van der Waals surface area contributed by atoms with Gasteiger partial charge in [0.25, 0.3) is 0 Å². The summed E-state index contributed by atoms with van der Waals surface area (Å²) in [5, 5.41) is 11.6. The Balaban J connectivity index is 0.000000408. The van der Waals surface area contributed by atoms with E-state index >= 15 is 0 Å². The first-order valence-electron chi connectivity index (χ1n) is 23.6. The van der Waals surface area contributed by atoms with Gasteiger partial charge >= 0.3 is 0 Å². The molecule has 2 aliphatic heterocycles. The van der Waals surface area contributed by atoms with E-state index in [4.69, 9.17) is 5.79 Å². The summed E-state index contributed by atoms with van der Waals surface area (Å²) >= 11 is 3.40. The van der Waals surface area contributed by atoms with Crippen LogP contribution < -0.4 is 0 Å². The first kappa shape index (κ1) is 62.3. The van der Waals surface area contributed by atoms with Gasteiger partial charge in [0.15, 0.2) is 5.89 Å². The van der Waals surface area contributed by atoms with Gasteiger partial charge in [-0.3, -0.25) is 9.97 Å². The maximum atomic E-state index is 7.48. The van der Waals surface area contributed by atoms with Gasteiger partial charge in [-0.25, -0.2) is 29.9 Å². The molecule has 0 unspecified atom stereocenters. The van der Waals surface area contributed by atoms with Crippen molar-refractivity contribution in [2.75, 3.05) is 20.1 Å². The molecule has 2 aliphatic rings. The van der Waals surface area contributed by atoms with Crippen molar-refractivity contribution in [3.05, 3.63) is 172 Å². The van der Waals surface area contributed by atoms with E-state index < -0.39 is 0 Å². The molecule has 19 heteroatoms. The number of benzene rings is 1. The largest absolute Gasteiger partial charge is 0.449 e. The van der Waals surface area contributed by atoms with E-state index in [0.29, 0.717) is 6.30 Å². The summed E-state index contributed by atoms with van der Waals surface area (Å²) in [6.45, 7) is 24.5. The van der Waals surface area contributed by atoms with Crippen LogP contribution in [-0.4, -0.2) is 95.9 Å². The number of oxazole rings is 1. The van der Waals surface area contributed by atoms with Crippen molar-refractivity contribution in [3.63, 3.8) is 0 Å². The standard InChI is InChI=1S/C9H9N2.C7H15N.C6H7N.C5H8N2.C5H6N2.C5H7NS.2C4H6N2.C4H5NO.C4H5NS.U/c1-7-4-3-5-8-9(7)10-6-11(8)2;1-7-3-5-8(2)6-4-7;1-6-4-2-3-5-7-6;1-5-6-3-4-7(5)2;1-5-6-3-2-4-7-5;1-4-3-6-5(2)7-4;1-4-5-2-3-6-4;1-4-2-3-5-6-4;2*1-4-5-2-3-6-4;/h3,5-6H,1-2H3;7H,3-6H2,1-2H3;2-5H,1H3;3-4H,1-2H3;2-4H,1H3;3H,1-2H3;2-3H,1H3,(H,5,6);3H,2H2,1H3;2*2-3H,1H3;/q-1;;;;;;;;;;/i6T;;;;;;;;;;. The topological polar surface area (TPSA) is 183 Å². The average Bonchev–Trinajstić information content (AvgIpc) is 4.26. The van der Waals surface area contributed by atoms with E-state index in [-0.39, 0.29) is 31.1 Å². The minimum Gasteiger partial charge on any atom is -0.449 e. The average molecular weight is 1240 g/mol. The van der Waals surface area contributed by atoms with E-state index in [9.17, 15) is 0 Å². The van der Waals surface area contributed by atoms with Gasteiger partial charge in [-0.1, -0.05) is 19.9 Å². The van der Waals surface area contributed by atoms with Crippen LogP contribution in [-0.2, 0) is 14.1 Å². The zero-order valence-electron chi connectivity index (χ0n) is 45.6. The van der Waals surface area contributed by atoms with Crippen LogP contribution in [0.15, 0.2) is 131 Å². The Labute approximate surface area is 460 Å². The van der Waals surface area contributed by atoms with Crippen LogP contribution in [0.4, 0.5) is 0 Å². The fraction of sp³-hybridized carbons (Fsp3) is 0.377. The van der Waals surface area contributed by atoms with Gasteiger partial charge in [0, 0.05) is 142 Å². The summed E-state index contributed by atoms with van der Waals surface area (Å²) in [4.78, 5) is 42.0. The van der Waals surface area contributed by atoms with Crippen molar-refractivity contribution < 1.29 is 36.9 Å². The van der Waals surface area contributed by atoms with Crippen LogP contribution in [0.3, 0.4) is 0 Å². The summed E-state index contributed by atoms with van der Waals surface area (Å²) in [5.41, 5.74) is 5.06. The third kappa shape index (κ3) is 31.5. The molecule has 384 valence electrons. The normalized spacial score (nSPS) is 12.0. The number of pyridine rings is 1. The molecule has 1 N–H and O–H groups in total. The SMILES string of the molecule is CC1=NN=CC1.CC1CCN(C)CC1.Cc1ccccn1.Cc1cnc(C)s1.Cc1ncc[nH]1.Cc1ncccn1.Cc1nccn1C.Cc1ncco1.Cc1nccs1.[3H]c1nc2c(C)[c-]ccc2n1C.[U]. The number of imidazole rings is 3. The number of fused-ring (bicyclic) bond motifs is 1. The van der Waals surface area contributed by atoms with Crippen molar-refractivity contribution in [2.24, 2.45) is 30.2 Å². The van der Waals surface area contributed by atoms with Gasteiger partial charge < -0.3 is 28.4 Å². The van der Waals surface area contributed by atoms with E-state index in [1.165, 1.54) is 30.8 Å². The van der Waals surface area contributed by atoms with Gasteiger partial charge in [-0.15, -0.1) is 34.3 Å². The van der Waals surface area contributed by atoms with Crippen molar-refractivity contribution in [1.82, 2.24) is 63.9 Å². The number of thiazole rings is 2. The maximum absolute atomic E-state index is 7.48. The summed E-state index contributed by atoms with van der Waals surface area (Å²) in [6, 6.07) is 14.5. The van der Waals surface area contributed by atoms with Crippen LogP contribution >= 0.6 is 22.7 Å². The second-order valence-corrected chi connectivity index (χ2v) is 18.6. The van der Waals surface area contributed by atoms with Crippen LogP contribution in [0.1, 0.15) is 84.0 Å². The maximum Gasteiger partial charge on any atom is 0.190 e. The minimum atomic E-state index is 0. The molecule has 11 rings (SSSR count). The second-order valence-electron chi connectivity index (χ2n) is 16.0. The molecule has 1 saturated heterocycles. The number of nitrogens with one attached hydrogen (secondary N) is 1. The first-order chi connectivity index (χ1) is 34.4. The Kier molecular flexibility index (Phi) is 33.6. The molecule has 0 spiro atoms. The Morgan fingerprint density at radius 3 is 1.75 bits per heavy atom. The Morgan fingerprint density at radius 2 is 1.46 bits per heavy atom. The quantitative estimate of drug-likeness (QED) is 0.143. The second kappa shape index (κ2) is 38.8. The van der Waals surface area contributed by atoms with Crippen LogP contribution in [0.2, 0.25) is 0 Å². The van der Waals surface area contributed by atoms with Crippen LogP contribution in [0, 0.1) is 105 Å². The summed E-state index contributed by atoms with van der Waals surface area (Å²) in [7, 11) is 6.02. The van der Waals surface area contributed by atoms with Gasteiger partial charge in [0.2, 0.25) is 0 Å². The summed E-state index contributed by atoms with van der Waals surface area (Å²) in [5.74, 6) is 4.54. The van der Waals surface area contributed by atoms with E-state index in [1.807, 2.05) is 122 Å². The van der Waals surface area contributed by atoms with E-state index in [0.717, 1.165) is 73.7 Å². The Morgan fingerprint density at radius 1 is 0.736 bits per heavy atom. The molecule has 0 atom stereocenters.